The molecule has 1 aromatic carbocycles. The van der Waals surface area contributed by atoms with E-state index in [0.717, 1.165) is 0 Å². The maximum Gasteiger partial charge on any atom is 0.156 e. The van der Waals surface area contributed by atoms with E-state index in [0.29, 0.717) is 27.1 Å². The fourth-order valence-electron chi connectivity index (χ4n) is 1.57. The molecule has 2 rings (SSSR count). The fraction of sp³-hybridized carbons (Fsp3) is 0.0769. The molecule has 19 heavy (non-hydrogen) atoms. The lowest BCUT2D eigenvalue weighted by Crippen LogP contribution is -2.16. The Hall–Kier alpha value is -1.78. The molecule has 0 aliphatic heterocycles. The number of rotatable bonds is 4. The number of para-hydroxylation sites is 1. The minimum atomic E-state index is -0.107. The van der Waals surface area contributed by atoms with E-state index in [1.54, 1.807) is 36.5 Å². The minimum absolute atomic E-state index is 0.107. The van der Waals surface area contributed by atoms with Gasteiger partial charge >= 0.3 is 0 Å². The Kier molecular flexibility index (Phi) is 4.24. The molecule has 0 radical (unpaired) electrons. The Morgan fingerprint density at radius 3 is 2.53 bits per heavy atom. The zero-order valence-electron chi connectivity index (χ0n) is 9.86. The van der Waals surface area contributed by atoms with E-state index in [1.165, 1.54) is 0 Å². The second-order valence-electron chi connectivity index (χ2n) is 3.76. The van der Waals surface area contributed by atoms with Gasteiger partial charge in [0.15, 0.2) is 5.75 Å². The van der Waals surface area contributed by atoms with Crippen LogP contribution in [0.25, 0.3) is 0 Å². The monoisotopic (exact) mass is 295 g/mol. The first-order chi connectivity index (χ1) is 9.09. The molecule has 1 heterocycles. The predicted octanol–water partition coefficient (Wildman–Crippen LogP) is 3.25. The summed E-state index contributed by atoms with van der Waals surface area (Å²) in [5.41, 5.74) is 6.55. The summed E-state index contributed by atoms with van der Waals surface area (Å²) in [5.74, 6) is 0.300. The van der Waals surface area contributed by atoms with Crippen LogP contribution in [0.2, 0.25) is 10.0 Å². The summed E-state index contributed by atoms with van der Waals surface area (Å²) < 4.78 is 5.59. The quantitative estimate of drug-likeness (QED) is 0.672. The average Bonchev–Trinajstić information content (AvgIpc) is 2.38. The Balaban J connectivity index is 2.22. The first kappa shape index (κ1) is 13.6. The van der Waals surface area contributed by atoms with Crippen molar-refractivity contribution >= 4 is 29.0 Å². The third-order valence-corrected chi connectivity index (χ3v) is 3.03. The van der Waals surface area contributed by atoms with Gasteiger partial charge in [0.2, 0.25) is 0 Å². The van der Waals surface area contributed by atoms with Crippen LogP contribution in [0.15, 0.2) is 36.5 Å². The Bertz CT molecular complexity index is 596. The molecule has 3 N–H and O–H groups in total. The summed E-state index contributed by atoms with van der Waals surface area (Å²) in [4.78, 5) is 4.04. The van der Waals surface area contributed by atoms with Crippen molar-refractivity contribution in [3.8, 4) is 5.75 Å². The first-order valence-corrected chi connectivity index (χ1v) is 6.20. The van der Waals surface area contributed by atoms with Crippen molar-refractivity contribution in [2.75, 3.05) is 0 Å². The molecule has 0 fully saturated rings. The van der Waals surface area contributed by atoms with Crippen molar-refractivity contribution in [2.45, 2.75) is 6.61 Å². The number of nitrogens with one attached hydrogen (secondary N) is 1. The summed E-state index contributed by atoms with van der Waals surface area (Å²) in [6.07, 6.45) is 1.57. The zero-order chi connectivity index (χ0) is 13.8. The van der Waals surface area contributed by atoms with Crippen LogP contribution in [-0.2, 0) is 6.61 Å². The van der Waals surface area contributed by atoms with Gasteiger partial charge in [0.25, 0.3) is 0 Å². The molecule has 0 saturated carbocycles. The van der Waals surface area contributed by atoms with Crippen molar-refractivity contribution < 1.29 is 4.74 Å². The third-order valence-electron chi connectivity index (χ3n) is 2.44. The fourth-order valence-corrected chi connectivity index (χ4v) is 2.07. The highest BCUT2D eigenvalue weighted by Crippen LogP contribution is 2.32. The van der Waals surface area contributed by atoms with E-state index >= 15 is 0 Å². The van der Waals surface area contributed by atoms with Crippen molar-refractivity contribution in [2.24, 2.45) is 5.73 Å². The molecular formula is C13H11Cl2N3O. The zero-order valence-corrected chi connectivity index (χ0v) is 11.4. The molecular weight excluding hydrogens is 285 g/mol. The van der Waals surface area contributed by atoms with E-state index in [-0.39, 0.29) is 12.4 Å². The molecule has 6 heteroatoms. The molecule has 0 bridgehead atoms. The Morgan fingerprint density at radius 2 is 1.89 bits per heavy atom. The number of amidine groups is 1. The van der Waals surface area contributed by atoms with Gasteiger partial charge in [0, 0.05) is 11.8 Å². The van der Waals surface area contributed by atoms with Crippen LogP contribution >= 0.6 is 23.2 Å². The number of nitrogens with zero attached hydrogens (tertiary/aromatic N) is 1. The van der Waals surface area contributed by atoms with Crippen LogP contribution in [0.1, 0.15) is 11.3 Å². The number of nitrogens with two attached hydrogens (primary N) is 1. The minimum Gasteiger partial charge on any atom is -0.486 e. The lowest BCUT2D eigenvalue weighted by atomic mass is 10.2. The van der Waals surface area contributed by atoms with E-state index in [2.05, 4.69) is 4.98 Å². The number of nitrogen functional groups attached to an aromatic ring is 1. The van der Waals surface area contributed by atoms with Gasteiger partial charge in [-0.1, -0.05) is 35.3 Å². The van der Waals surface area contributed by atoms with E-state index < -0.39 is 0 Å². The molecule has 0 atom stereocenters. The van der Waals surface area contributed by atoms with Gasteiger partial charge in [-0.2, -0.15) is 0 Å². The Morgan fingerprint density at radius 1 is 1.21 bits per heavy atom. The van der Waals surface area contributed by atoms with Crippen LogP contribution in [0.5, 0.6) is 5.75 Å². The van der Waals surface area contributed by atoms with Gasteiger partial charge in [-0.25, -0.2) is 0 Å². The molecule has 2 aromatic rings. The molecule has 4 nitrogen and oxygen atoms in total. The SMILES string of the molecule is N=C(N)c1ncccc1COc1c(Cl)cccc1Cl. The molecule has 0 aliphatic carbocycles. The second kappa shape index (κ2) is 5.91. The normalized spacial score (nSPS) is 10.2. The molecule has 1 aromatic heterocycles. The van der Waals surface area contributed by atoms with Crippen molar-refractivity contribution in [3.05, 3.63) is 57.8 Å². The standard InChI is InChI=1S/C13H11Cl2N3O/c14-9-4-1-5-10(15)12(9)19-7-8-3-2-6-18-11(8)13(16)17/h1-6H,7H2,(H3,16,17). The first-order valence-electron chi connectivity index (χ1n) is 5.44. The van der Waals surface area contributed by atoms with Crippen LogP contribution in [0.4, 0.5) is 0 Å². The van der Waals surface area contributed by atoms with E-state index in [4.69, 9.17) is 39.1 Å². The van der Waals surface area contributed by atoms with Crippen LogP contribution in [-0.4, -0.2) is 10.8 Å². The number of halogens is 2. The average molecular weight is 296 g/mol. The number of pyridine rings is 1. The van der Waals surface area contributed by atoms with E-state index in [1.807, 2.05) is 0 Å². The highest BCUT2D eigenvalue weighted by atomic mass is 35.5. The predicted molar refractivity (Wildman–Crippen MR) is 76.0 cm³/mol. The number of benzene rings is 1. The lowest BCUT2D eigenvalue weighted by molar-refractivity contribution is 0.306. The summed E-state index contributed by atoms with van der Waals surface area (Å²) in [7, 11) is 0. The molecule has 0 spiro atoms. The second-order valence-corrected chi connectivity index (χ2v) is 4.58. The maximum atomic E-state index is 7.45. The molecule has 0 saturated heterocycles. The number of ether oxygens (including phenoxy) is 1. The van der Waals surface area contributed by atoms with Gasteiger partial charge in [-0.15, -0.1) is 0 Å². The summed E-state index contributed by atoms with van der Waals surface area (Å²) in [6, 6.07) is 8.66. The molecule has 0 amide bonds. The van der Waals surface area contributed by atoms with E-state index in [9.17, 15) is 0 Å². The van der Waals surface area contributed by atoms with Gasteiger partial charge in [-0.05, 0) is 18.2 Å². The molecule has 0 unspecified atom stereocenters. The number of hydrogen-bond acceptors (Lipinski definition) is 3. The summed E-state index contributed by atoms with van der Waals surface area (Å²) in [6.45, 7) is 0.187. The topological polar surface area (TPSA) is 72.0 Å². The van der Waals surface area contributed by atoms with Crippen molar-refractivity contribution in [1.29, 1.82) is 5.41 Å². The van der Waals surface area contributed by atoms with Crippen LogP contribution in [0, 0.1) is 5.41 Å². The maximum absolute atomic E-state index is 7.45. The highest BCUT2D eigenvalue weighted by molar-refractivity contribution is 6.37. The number of hydrogen-bond donors (Lipinski definition) is 2. The smallest absolute Gasteiger partial charge is 0.156 e. The Labute approximate surface area is 120 Å². The van der Waals surface area contributed by atoms with Gasteiger partial charge in [0.05, 0.1) is 10.0 Å². The van der Waals surface area contributed by atoms with Crippen molar-refractivity contribution in [1.82, 2.24) is 4.98 Å². The largest absolute Gasteiger partial charge is 0.486 e. The van der Waals surface area contributed by atoms with Gasteiger partial charge in [0.1, 0.15) is 18.1 Å². The molecule has 98 valence electrons. The summed E-state index contributed by atoms with van der Waals surface area (Å²) in [5, 5.41) is 8.31. The number of aromatic nitrogens is 1. The van der Waals surface area contributed by atoms with Crippen LogP contribution in [0.3, 0.4) is 0 Å². The van der Waals surface area contributed by atoms with Gasteiger partial charge in [-0.3, -0.25) is 10.4 Å². The summed E-state index contributed by atoms with van der Waals surface area (Å²) >= 11 is 12.0. The highest BCUT2D eigenvalue weighted by Gasteiger charge is 2.10. The third kappa shape index (κ3) is 3.16. The van der Waals surface area contributed by atoms with Crippen molar-refractivity contribution in [3.63, 3.8) is 0 Å². The molecule has 0 aliphatic rings. The van der Waals surface area contributed by atoms with Crippen LogP contribution < -0.4 is 10.5 Å². The van der Waals surface area contributed by atoms with Gasteiger partial charge < -0.3 is 10.5 Å². The lowest BCUT2D eigenvalue weighted by Gasteiger charge is -2.11.